The smallest absolute Gasteiger partial charge is 0.419 e. The van der Waals surface area contributed by atoms with E-state index in [0.29, 0.717) is 5.56 Å². The highest BCUT2D eigenvalue weighted by Gasteiger charge is 2.33. The van der Waals surface area contributed by atoms with Crippen molar-refractivity contribution in [3.05, 3.63) is 29.3 Å². The van der Waals surface area contributed by atoms with Crippen LogP contribution in [0.1, 0.15) is 11.1 Å². The Hall–Kier alpha value is -0.900. The molecule has 1 rings (SSSR count). The van der Waals surface area contributed by atoms with Gasteiger partial charge in [-0.05, 0) is 17.7 Å². The van der Waals surface area contributed by atoms with E-state index >= 15 is 0 Å². The van der Waals surface area contributed by atoms with E-state index in [4.69, 9.17) is 16.7 Å². The van der Waals surface area contributed by atoms with Crippen molar-refractivity contribution >= 4 is 11.6 Å². The van der Waals surface area contributed by atoms with Crippen LogP contribution in [0.2, 0.25) is 0 Å². The second-order valence-corrected chi connectivity index (χ2v) is 2.75. The molecule has 72 valence electrons. The minimum atomic E-state index is -4.54. The van der Waals surface area contributed by atoms with Gasteiger partial charge in [-0.15, -0.1) is 11.6 Å². The first-order chi connectivity index (χ1) is 5.95. The molecular formula is C8H6ClF3O. The Morgan fingerprint density at radius 1 is 1.31 bits per heavy atom. The van der Waals surface area contributed by atoms with Gasteiger partial charge >= 0.3 is 6.18 Å². The molecular weight excluding hydrogens is 205 g/mol. The van der Waals surface area contributed by atoms with Crippen LogP contribution in [0.4, 0.5) is 13.2 Å². The first-order valence-electron chi connectivity index (χ1n) is 3.40. The van der Waals surface area contributed by atoms with E-state index in [1.807, 2.05) is 0 Å². The van der Waals surface area contributed by atoms with Crippen LogP contribution in [0.15, 0.2) is 18.2 Å². The summed E-state index contributed by atoms with van der Waals surface area (Å²) in [5.74, 6) is -0.787. The van der Waals surface area contributed by atoms with Gasteiger partial charge < -0.3 is 5.11 Å². The van der Waals surface area contributed by atoms with Gasteiger partial charge in [0.15, 0.2) is 0 Å². The van der Waals surface area contributed by atoms with Crippen LogP contribution in [0.3, 0.4) is 0 Å². The lowest BCUT2D eigenvalue weighted by molar-refractivity contribution is -0.138. The Morgan fingerprint density at radius 3 is 2.38 bits per heavy atom. The maximum atomic E-state index is 12.2. The zero-order valence-electron chi connectivity index (χ0n) is 6.40. The molecule has 0 unspecified atom stereocenters. The molecule has 0 saturated heterocycles. The van der Waals surface area contributed by atoms with Gasteiger partial charge in [0.05, 0.1) is 5.56 Å². The minimum Gasteiger partial charge on any atom is -0.507 e. The van der Waals surface area contributed by atoms with Gasteiger partial charge in [-0.1, -0.05) is 6.07 Å². The fourth-order valence-corrected chi connectivity index (χ4v) is 1.06. The lowest BCUT2D eigenvalue weighted by Gasteiger charge is -2.09. The van der Waals surface area contributed by atoms with Crippen LogP contribution in [0.5, 0.6) is 5.75 Å². The zero-order chi connectivity index (χ0) is 10.1. The molecule has 0 saturated carbocycles. The highest BCUT2D eigenvalue weighted by atomic mass is 35.5. The fraction of sp³-hybridized carbons (Fsp3) is 0.250. The monoisotopic (exact) mass is 210 g/mol. The molecule has 0 amide bonds. The van der Waals surface area contributed by atoms with E-state index in [9.17, 15) is 13.2 Å². The molecule has 0 bridgehead atoms. The highest BCUT2D eigenvalue weighted by molar-refractivity contribution is 6.17. The third-order valence-corrected chi connectivity index (χ3v) is 1.83. The molecule has 0 aromatic heterocycles. The van der Waals surface area contributed by atoms with Crippen molar-refractivity contribution in [2.45, 2.75) is 12.1 Å². The lowest BCUT2D eigenvalue weighted by Crippen LogP contribution is -2.05. The molecule has 5 heteroatoms. The number of hydrogen-bond donors (Lipinski definition) is 1. The third kappa shape index (κ3) is 2.28. The molecule has 0 aliphatic rings. The van der Waals surface area contributed by atoms with Crippen LogP contribution in [0.25, 0.3) is 0 Å². The quantitative estimate of drug-likeness (QED) is 0.706. The van der Waals surface area contributed by atoms with Gasteiger partial charge in [0.1, 0.15) is 5.75 Å². The molecule has 0 fully saturated rings. The summed E-state index contributed by atoms with van der Waals surface area (Å²) < 4.78 is 36.5. The molecule has 1 aromatic rings. The Bertz CT molecular complexity index is 309. The summed E-state index contributed by atoms with van der Waals surface area (Å²) in [5, 5.41) is 8.90. The lowest BCUT2D eigenvalue weighted by atomic mass is 10.1. The van der Waals surface area contributed by atoms with Crippen molar-refractivity contribution in [2.75, 3.05) is 0 Å². The number of aromatic hydroxyl groups is 1. The summed E-state index contributed by atoms with van der Waals surface area (Å²) >= 11 is 5.35. The topological polar surface area (TPSA) is 20.2 Å². The van der Waals surface area contributed by atoms with Gasteiger partial charge in [0.2, 0.25) is 0 Å². The van der Waals surface area contributed by atoms with E-state index in [1.54, 1.807) is 0 Å². The second kappa shape index (κ2) is 3.46. The van der Waals surface area contributed by atoms with Gasteiger partial charge in [-0.3, -0.25) is 0 Å². The van der Waals surface area contributed by atoms with E-state index in [0.717, 1.165) is 12.1 Å². The Morgan fingerprint density at radius 2 is 1.92 bits per heavy atom. The molecule has 0 heterocycles. The standard InChI is InChI=1S/C8H6ClF3O/c9-4-5-1-2-7(13)6(3-5)8(10,11)12/h1-3,13H,4H2. The van der Waals surface area contributed by atoms with E-state index in [1.165, 1.54) is 6.07 Å². The first-order valence-corrected chi connectivity index (χ1v) is 3.93. The van der Waals surface area contributed by atoms with Crippen molar-refractivity contribution in [3.8, 4) is 5.75 Å². The maximum Gasteiger partial charge on any atom is 0.419 e. The van der Waals surface area contributed by atoms with Crippen molar-refractivity contribution in [1.82, 2.24) is 0 Å². The van der Waals surface area contributed by atoms with Crippen LogP contribution < -0.4 is 0 Å². The summed E-state index contributed by atoms with van der Waals surface area (Å²) in [5.41, 5.74) is -0.725. The van der Waals surface area contributed by atoms with Crippen LogP contribution >= 0.6 is 11.6 Å². The Labute approximate surface area is 77.8 Å². The predicted molar refractivity (Wildman–Crippen MR) is 42.7 cm³/mol. The van der Waals surface area contributed by atoms with Crippen molar-refractivity contribution < 1.29 is 18.3 Å². The molecule has 1 nitrogen and oxygen atoms in total. The predicted octanol–water partition coefficient (Wildman–Crippen LogP) is 3.15. The van der Waals surface area contributed by atoms with Crippen molar-refractivity contribution in [2.24, 2.45) is 0 Å². The molecule has 1 aromatic carbocycles. The molecule has 1 N–H and O–H groups in total. The normalized spacial score (nSPS) is 11.7. The molecule has 0 radical (unpaired) electrons. The maximum absolute atomic E-state index is 12.2. The highest BCUT2D eigenvalue weighted by Crippen LogP contribution is 2.36. The zero-order valence-corrected chi connectivity index (χ0v) is 7.15. The average Bonchev–Trinajstić information content (AvgIpc) is 2.03. The van der Waals surface area contributed by atoms with E-state index in [-0.39, 0.29) is 5.88 Å². The SMILES string of the molecule is Oc1ccc(CCl)cc1C(F)(F)F. The molecule has 0 spiro atoms. The summed E-state index contributed by atoms with van der Waals surface area (Å²) in [7, 11) is 0. The number of phenols is 1. The number of alkyl halides is 4. The molecule has 0 atom stereocenters. The van der Waals surface area contributed by atoms with Gasteiger partial charge in [0, 0.05) is 5.88 Å². The molecule has 0 aliphatic carbocycles. The summed E-state index contributed by atoms with van der Waals surface area (Å²) in [6.07, 6.45) is -4.54. The Balaban J connectivity index is 3.19. The van der Waals surface area contributed by atoms with Gasteiger partial charge in [-0.2, -0.15) is 13.2 Å². The Kier molecular flexibility index (Phi) is 2.71. The number of benzene rings is 1. The number of rotatable bonds is 1. The summed E-state index contributed by atoms with van der Waals surface area (Å²) in [4.78, 5) is 0. The molecule has 13 heavy (non-hydrogen) atoms. The minimum absolute atomic E-state index is 0.0106. The van der Waals surface area contributed by atoms with E-state index < -0.39 is 17.5 Å². The number of phenolic OH excluding ortho intramolecular Hbond substituents is 1. The van der Waals surface area contributed by atoms with Crippen molar-refractivity contribution in [3.63, 3.8) is 0 Å². The van der Waals surface area contributed by atoms with Crippen LogP contribution in [-0.2, 0) is 12.1 Å². The van der Waals surface area contributed by atoms with E-state index in [2.05, 4.69) is 0 Å². The number of hydrogen-bond acceptors (Lipinski definition) is 1. The van der Waals surface area contributed by atoms with Gasteiger partial charge in [0.25, 0.3) is 0 Å². The average molecular weight is 211 g/mol. The fourth-order valence-electron chi connectivity index (χ4n) is 0.893. The largest absolute Gasteiger partial charge is 0.507 e. The van der Waals surface area contributed by atoms with Gasteiger partial charge in [-0.25, -0.2) is 0 Å². The second-order valence-electron chi connectivity index (χ2n) is 2.48. The number of halogens is 4. The summed E-state index contributed by atoms with van der Waals surface area (Å²) in [6.45, 7) is 0. The third-order valence-electron chi connectivity index (χ3n) is 1.52. The first kappa shape index (κ1) is 10.2. The molecule has 0 aliphatic heterocycles. The van der Waals surface area contributed by atoms with Crippen LogP contribution in [-0.4, -0.2) is 5.11 Å². The summed E-state index contributed by atoms with van der Waals surface area (Å²) in [6, 6.07) is 3.17. The van der Waals surface area contributed by atoms with Crippen LogP contribution in [0, 0.1) is 0 Å². The van der Waals surface area contributed by atoms with Crippen molar-refractivity contribution in [1.29, 1.82) is 0 Å².